The summed E-state index contributed by atoms with van der Waals surface area (Å²) in [6.45, 7) is 0.934. The van der Waals surface area contributed by atoms with E-state index in [4.69, 9.17) is 14.9 Å². The highest BCUT2D eigenvalue weighted by Gasteiger charge is 2.19. The van der Waals surface area contributed by atoms with Crippen molar-refractivity contribution < 1.29 is 24.5 Å². The fourth-order valence-electron chi connectivity index (χ4n) is 1.81. The fraction of sp³-hybridized carbons (Fsp3) is 0.818. The molecule has 18 heavy (non-hydrogen) atoms. The van der Waals surface area contributed by atoms with Crippen LogP contribution in [0.1, 0.15) is 25.7 Å². The number of aliphatic carboxylic acids is 1. The van der Waals surface area contributed by atoms with E-state index in [2.05, 4.69) is 10.6 Å². The molecular weight excluding hydrogens is 240 g/mol. The maximum Gasteiger partial charge on any atom is 0.326 e. The second-order valence-electron chi connectivity index (χ2n) is 4.23. The SMILES string of the molecule is O=C(NCCC1CCCO1)N[C@H](CCO)C(=O)O. The van der Waals surface area contributed by atoms with Crippen molar-refractivity contribution >= 4 is 12.0 Å². The summed E-state index contributed by atoms with van der Waals surface area (Å²) in [5, 5.41) is 22.3. The van der Waals surface area contributed by atoms with Crippen LogP contribution >= 0.6 is 0 Å². The number of carboxylic acids is 1. The number of nitrogens with one attached hydrogen (secondary N) is 2. The molecule has 1 aliphatic heterocycles. The number of carboxylic acid groups (broad SMARTS) is 1. The third-order valence-corrected chi connectivity index (χ3v) is 2.80. The average Bonchev–Trinajstić information content (AvgIpc) is 2.81. The van der Waals surface area contributed by atoms with E-state index < -0.39 is 18.0 Å². The first-order valence-corrected chi connectivity index (χ1v) is 6.13. The molecular formula is C11H20N2O5. The van der Waals surface area contributed by atoms with Crippen molar-refractivity contribution in [2.45, 2.75) is 37.8 Å². The number of aliphatic hydroxyl groups excluding tert-OH is 1. The summed E-state index contributed by atoms with van der Waals surface area (Å²) in [7, 11) is 0. The molecule has 7 heteroatoms. The maximum atomic E-state index is 11.4. The van der Waals surface area contributed by atoms with Crippen molar-refractivity contribution in [1.82, 2.24) is 10.6 Å². The first kappa shape index (κ1) is 14.7. The Balaban J connectivity index is 2.16. The molecule has 1 saturated heterocycles. The summed E-state index contributed by atoms with van der Waals surface area (Å²) in [4.78, 5) is 22.1. The van der Waals surface area contributed by atoms with E-state index in [1.54, 1.807) is 0 Å². The highest BCUT2D eigenvalue weighted by atomic mass is 16.5. The third-order valence-electron chi connectivity index (χ3n) is 2.80. The van der Waals surface area contributed by atoms with E-state index in [-0.39, 0.29) is 19.1 Å². The summed E-state index contributed by atoms with van der Waals surface area (Å²) in [6.07, 6.45) is 2.97. The normalized spacial score (nSPS) is 20.4. The molecule has 0 bridgehead atoms. The molecule has 0 aliphatic carbocycles. The van der Waals surface area contributed by atoms with Crippen molar-refractivity contribution in [2.75, 3.05) is 19.8 Å². The van der Waals surface area contributed by atoms with Crippen LogP contribution in [0.3, 0.4) is 0 Å². The number of hydrogen-bond donors (Lipinski definition) is 4. The van der Waals surface area contributed by atoms with Crippen LogP contribution in [0.5, 0.6) is 0 Å². The highest BCUT2D eigenvalue weighted by Crippen LogP contribution is 2.14. The van der Waals surface area contributed by atoms with Crippen molar-refractivity contribution in [2.24, 2.45) is 0 Å². The van der Waals surface area contributed by atoms with Crippen LogP contribution in [-0.2, 0) is 9.53 Å². The molecule has 0 aromatic carbocycles. The molecule has 4 N–H and O–H groups in total. The van der Waals surface area contributed by atoms with Gasteiger partial charge >= 0.3 is 12.0 Å². The lowest BCUT2D eigenvalue weighted by Gasteiger charge is -2.15. The summed E-state index contributed by atoms with van der Waals surface area (Å²) in [5.41, 5.74) is 0. The minimum atomic E-state index is -1.15. The van der Waals surface area contributed by atoms with E-state index >= 15 is 0 Å². The van der Waals surface area contributed by atoms with Gasteiger partial charge in [0, 0.05) is 26.2 Å². The average molecular weight is 260 g/mol. The number of aliphatic hydroxyl groups is 1. The predicted molar refractivity (Wildman–Crippen MR) is 63.3 cm³/mol. The molecule has 2 amide bonds. The standard InChI is InChI=1S/C11H20N2O5/c14-6-4-9(10(15)16)13-11(17)12-5-3-8-2-1-7-18-8/h8-9,14H,1-7H2,(H,15,16)(H2,12,13,17)/t8?,9-/m1/s1. The van der Waals surface area contributed by atoms with Gasteiger partial charge in [0.15, 0.2) is 0 Å². The van der Waals surface area contributed by atoms with Crippen molar-refractivity contribution in [3.05, 3.63) is 0 Å². The molecule has 0 aromatic rings. The number of carbonyl (C=O) groups is 2. The van der Waals surface area contributed by atoms with Gasteiger partial charge in [0.2, 0.25) is 0 Å². The molecule has 1 heterocycles. The van der Waals surface area contributed by atoms with Gasteiger partial charge in [-0.2, -0.15) is 0 Å². The van der Waals surface area contributed by atoms with Gasteiger partial charge in [-0.15, -0.1) is 0 Å². The topological polar surface area (TPSA) is 108 Å². The van der Waals surface area contributed by atoms with Crippen LogP contribution < -0.4 is 10.6 Å². The van der Waals surface area contributed by atoms with Crippen LogP contribution in [0.2, 0.25) is 0 Å². The number of rotatable bonds is 7. The van der Waals surface area contributed by atoms with Gasteiger partial charge in [0.1, 0.15) is 6.04 Å². The third kappa shape index (κ3) is 5.33. The van der Waals surface area contributed by atoms with Crippen molar-refractivity contribution in [1.29, 1.82) is 0 Å². The van der Waals surface area contributed by atoms with Gasteiger partial charge < -0.3 is 25.6 Å². The Hall–Kier alpha value is -1.34. The van der Waals surface area contributed by atoms with Gasteiger partial charge in [0.05, 0.1) is 6.10 Å². The molecule has 0 aromatic heterocycles. The Morgan fingerprint density at radius 2 is 2.22 bits per heavy atom. The molecule has 7 nitrogen and oxygen atoms in total. The molecule has 1 fully saturated rings. The summed E-state index contributed by atoms with van der Waals surface area (Å²) < 4.78 is 5.39. The number of hydrogen-bond acceptors (Lipinski definition) is 4. The fourth-order valence-corrected chi connectivity index (χ4v) is 1.81. The first-order valence-electron chi connectivity index (χ1n) is 6.13. The lowest BCUT2D eigenvalue weighted by Crippen LogP contribution is -2.46. The molecule has 0 saturated carbocycles. The summed E-state index contributed by atoms with van der Waals surface area (Å²) in [5.74, 6) is -1.15. The van der Waals surface area contributed by atoms with E-state index in [0.29, 0.717) is 6.54 Å². The van der Waals surface area contributed by atoms with Crippen LogP contribution in [0.15, 0.2) is 0 Å². The Morgan fingerprint density at radius 3 is 2.78 bits per heavy atom. The van der Waals surface area contributed by atoms with Crippen LogP contribution in [0.25, 0.3) is 0 Å². The monoisotopic (exact) mass is 260 g/mol. The Kier molecular flexibility index (Phi) is 6.45. The van der Waals surface area contributed by atoms with Crippen LogP contribution in [0, 0.1) is 0 Å². The zero-order chi connectivity index (χ0) is 13.4. The van der Waals surface area contributed by atoms with Crippen LogP contribution in [-0.4, -0.2) is 54.1 Å². The lowest BCUT2D eigenvalue weighted by atomic mass is 10.2. The number of amides is 2. The van der Waals surface area contributed by atoms with E-state index in [1.165, 1.54) is 0 Å². The van der Waals surface area contributed by atoms with Gasteiger partial charge in [0.25, 0.3) is 0 Å². The second-order valence-corrected chi connectivity index (χ2v) is 4.23. The Morgan fingerprint density at radius 1 is 1.44 bits per heavy atom. The molecule has 1 unspecified atom stereocenters. The number of carbonyl (C=O) groups excluding carboxylic acids is 1. The molecule has 1 aliphatic rings. The van der Waals surface area contributed by atoms with E-state index in [9.17, 15) is 9.59 Å². The number of ether oxygens (including phenoxy) is 1. The minimum absolute atomic E-state index is 0.00547. The van der Waals surface area contributed by atoms with Crippen molar-refractivity contribution in [3.8, 4) is 0 Å². The highest BCUT2D eigenvalue weighted by molar-refractivity contribution is 5.82. The smallest absolute Gasteiger partial charge is 0.326 e. The number of urea groups is 1. The minimum Gasteiger partial charge on any atom is -0.480 e. The van der Waals surface area contributed by atoms with Crippen LogP contribution in [0.4, 0.5) is 4.79 Å². The summed E-state index contributed by atoms with van der Waals surface area (Å²) >= 11 is 0. The Labute approximate surface area is 106 Å². The molecule has 0 radical (unpaired) electrons. The van der Waals surface area contributed by atoms with Gasteiger partial charge in [-0.3, -0.25) is 0 Å². The largest absolute Gasteiger partial charge is 0.480 e. The van der Waals surface area contributed by atoms with E-state index in [0.717, 1.165) is 25.9 Å². The summed E-state index contributed by atoms with van der Waals surface area (Å²) in [6, 6.07) is -1.59. The van der Waals surface area contributed by atoms with Gasteiger partial charge in [-0.05, 0) is 19.3 Å². The van der Waals surface area contributed by atoms with Crippen molar-refractivity contribution in [3.63, 3.8) is 0 Å². The Bertz CT molecular complexity index is 279. The predicted octanol–water partition coefficient (Wildman–Crippen LogP) is -0.310. The quantitative estimate of drug-likeness (QED) is 0.502. The second kappa shape index (κ2) is 7.88. The zero-order valence-electron chi connectivity index (χ0n) is 10.2. The van der Waals surface area contributed by atoms with E-state index in [1.807, 2.05) is 0 Å². The van der Waals surface area contributed by atoms with Gasteiger partial charge in [-0.1, -0.05) is 0 Å². The zero-order valence-corrected chi connectivity index (χ0v) is 10.2. The molecule has 2 atom stereocenters. The lowest BCUT2D eigenvalue weighted by molar-refractivity contribution is -0.139. The molecule has 0 spiro atoms. The van der Waals surface area contributed by atoms with Gasteiger partial charge in [-0.25, -0.2) is 9.59 Å². The molecule has 104 valence electrons. The maximum absolute atomic E-state index is 11.4. The molecule has 1 rings (SSSR count). The first-order chi connectivity index (χ1) is 8.63.